The molecule has 0 spiro atoms. The van der Waals surface area contributed by atoms with Crippen molar-refractivity contribution in [1.82, 2.24) is 20.3 Å². The number of nitrogens with zero attached hydrogens (tertiary/aromatic N) is 1. The Balaban J connectivity index is 1.51. The number of carbonyl (C=O) groups excluding carboxylic acids is 3. The lowest BCUT2D eigenvalue weighted by atomic mass is 9.87. The molecule has 36 heavy (non-hydrogen) atoms. The zero-order valence-corrected chi connectivity index (χ0v) is 21.4. The summed E-state index contributed by atoms with van der Waals surface area (Å²) < 4.78 is 55.8. The highest BCUT2D eigenvalue weighted by molar-refractivity contribution is 7.90. The Morgan fingerprint density at radius 2 is 1.72 bits per heavy atom. The number of sulfonamides is 1. The van der Waals surface area contributed by atoms with Crippen LogP contribution in [0.3, 0.4) is 0 Å². The summed E-state index contributed by atoms with van der Waals surface area (Å²) >= 11 is 0. The van der Waals surface area contributed by atoms with Crippen LogP contribution in [0.25, 0.3) is 0 Å². The van der Waals surface area contributed by atoms with E-state index in [1.54, 1.807) is 6.92 Å². The van der Waals surface area contributed by atoms with E-state index in [1.165, 1.54) is 24.3 Å². The van der Waals surface area contributed by atoms with Crippen LogP contribution >= 0.6 is 0 Å². The smallest absolute Gasteiger partial charge is 0.337 e. The average molecular weight is 527 g/mol. The summed E-state index contributed by atoms with van der Waals surface area (Å²) in [5, 5.41) is 5.02. The predicted octanol–water partition coefficient (Wildman–Crippen LogP) is 3.67. The quantitative estimate of drug-likeness (QED) is 0.468. The first-order chi connectivity index (χ1) is 16.9. The number of urea groups is 2. The van der Waals surface area contributed by atoms with Gasteiger partial charge in [-0.3, -0.25) is 4.79 Å². The molecule has 198 valence electrons. The summed E-state index contributed by atoms with van der Waals surface area (Å²) in [7, 11) is -4.08. The fourth-order valence-electron chi connectivity index (χ4n) is 4.44. The zero-order chi connectivity index (χ0) is 26.7. The van der Waals surface area contributed by atoms with Crippen molar-refractivity contribution < 1.29 is 31.6 Å². The number of carbonyl (C=O) groups is 3. The van der Waals surface area contributed by atoms with Crippen molar-refractivity contribution in [3.63, 3.8) is 0 Å². The first-order valence-corrected chi connectivity index (χ1v) is 13.5. The van der Waals surface area contributed by atoms with Gasteiger partial charge in [-0.25, -0.2) is 22.7 Å². The Kier molecular flexibility index (Phi) is 8.37. The van der Waals surface area contributed by atoms with Crippen molar-refractivity contribution in [2.45, 2.75) is 76.3 Å². The second-order valence-corrected chi connectivity index (χ2v) is 11.0. The lowest BCUT2D eigenvalue weighted by Gasteiger charge is -2.26. The van der Waals surface area contributed by atoms with Gasteiger partial charge in [0.15, 0.2) is 0 Å². The third-order valence-electron chi connectivity index (χ3n) is 6.70. The number of halogens is 2. The van der Waals surface area contributed by atoms with Crippen LogP contribution in [-0.4, -0.2) is 49.9 Å². The Labute approximate surface area is 209 Å². The normalized spacial score (nSPS) is 21.9. The molecule has 1 aliphatic carbocycles. The van der Waals surface area contributed by atoms with Gasteiger partial charge in [0.05, 0.1) is 4.90 Å². The largest absolute Gasteiger partial charge is 0.359 e. The van der Waals surface area contributed by atoms with Crippen molar-refractivity contribution in [2.24, 2.45) is 5.92 Å². The summed E-state index contributed by atoms with van der Waals surface area (Å²) in [4.78, 5) is 36.5. The summed E-state index contributed by atoms with van der Waals surface area (Å²) in [6.45, 7) is 4.79. The molecule has 1 aromatic rings. The standard InChI is InChI=1S/C24H32F2N4O5S/c1-4-20-16(3)24(25,26)30(21(20)31)23(33)27-14-13-17-7-11-19(12-8-17)36(34,35)29-22(32)28-18-9-5-15(2)6-10-18/h7-8,11-12,15,18H,4-6,9-10,13-14H2,1-3H3,(H,27,33)(H2,28,29,32). The molecule has 0 radical (unpaired) electrons. The molecule has 0 aromatic heterocycles. The van der Waals surface area contributed by atoms with Gasteiger partial charge in [0.1, 0.15) is 0 Å². The number of amides is 5. The molecule has 0 saturated heterocycles. The summed E-state index contributed by atoms with van der Waals surface area (Å²) in [6, 6.07) is -0.0904. The van der Waals surface area contributed by atoms with E-state index < -0.39 is 39.6 Å². The Hall–Kier alpha value is -3.02. The molecule has 12 heteroatoms. The molecule has 0 bridgehead atoms. The van der Waals surface area contributed by atoms with Crippen LogP contribution in [0, 0.1) is 5.92 Å². The Morgan fingerprint density at radius 1 is 1.11 bits per heavy atom. The van der Waals surface area contributed by atoms with Crippen LogP contribution in [0.1, 0.15) is 58.4 Å². The minimum Gasteiger partial charge on any atom is -0.337 e. The Bertz CT molecular complexity index is 1140. The van der Waals surface area contributed by atoms with E-state index >= 15 is 0 Å². The van der Waals surface area contributed by atoms with Crippen molar-refractivity contribution in [3.05, 3.63) is 41.0 Å². The minimum absolute atomic E-state index is 0.0496. The summed E-state index contributed by atoms with van der Waals surface area (Å²) in [5.41, 5.74) is 0.109. The molecule has 0 atom stereocenters. The molecule has 3 rings (SSSR count). The van der Waals surface area contributed by atoms with Gasteiger partial charge >= 0.3 is 18.1 Å². The van der Waals surface area contributed by atoms with Crippen LogP contribution in [0.15, 0.2) is 40.3 Å². The van der Waals surface area contributed by atoms with Gasteiger partial charge in [-0.15, -0.1) is 0 Å². The highest BCUT2D eigenvalue weighted by Gasteiger charge is 2.54. The highest BCUT2D eigenvalue weighted by atomic mass is 32.2. The lowest BCUT2D eigenvalue weighted by Crippen LogP contribution is -2.50. The summed E-state index contributed by atoms with van der Waals surface area (Å²) in [6.07, 6.45) is 3.87. The number of benzene rings is 1. The minimum atomic E-state index is -4.08. The second-order valence-electron chi connectivity index (χ2n) is 9.30. The van der Waals surface area contributed by atoms with Gasteiger partial charge in [0, 0.05) is 23.7 Å². The van der Waals surface area contributed by atoms with Crippen LogP contribution in [-0.2, 0) is 21.2 Å². The van der Waals surface area contributed by atoms with Crippen LogP contribution in [0.5, 0.6) is 0 Å². The lowest BCUT2D eigenvalue weighted by molar-refractivity contribution is -0.141. The van der Waals surface area contributed by atoms with Gasteiger partial charge in [0.2, 0.25) is 0 Å². The van der Waals surface area contributed by atoms with Crippen LogP contribution in [0.2, 0.25) is 0 Å². The molecule has 1 saturated carbocycles. The number of hydrogen-bond acceptors (Lipinski definition) is 5. The molecular weight excluding hydrogens is 494 g/mol. The molecule has 1 heterocycles. The third kappa shape index (κ3) is 6.03. The van der Waals surface area contributed by atoms with Gasteiger partial charge in [0.25, 0.3) is 15.9 Å². The van der Waals surface area contributed by atoms with Gasteiger partial charge in [-0.05, 0) is 69.1 Å². The van der Waals surface area contributed by atoms with Crippen molar-refractivity contribution in [3.8, 4) is 0 Å². The molecule has 3 N–H and O–H groups in total. The molecule has 2 aliphatic rings. The third-order valence-corrected chi connectivity index (χ3v) is 8.05. The van der Waals surface area contributed by atoms with Crippen LogP contribution < -0.4 is 15.4 Å². The first kappa shape index (κ1) is 27.6. The SMILES string of the molecule is CCC1=C(C)C(F)(F)N(C(=O)NCCc2ccc(S(=O)(=O)NC(=O)NC3CCC(C)CC3)cc2)C1=O. The van der Waals surface area contributed by atoms with Crippen LogP contribution in [0.4, 0.5) is 18.4 Å². The van der Waals surface area contributed by atoms with E-state index in [4.69, 9.17) is 0 Å². The predicted molar refractivity (Wildman–Crippen MR) is 129 cm³/mol. The molecule has 5 amide bonds. The van der Waals surface area contributed by atoms with E-state index in [0.717, 1.165) is 32.6 Å². The van der Waals surface area contributed by atoms with Gasteiger partial charge < -0.3 is 10.6 Å². The zero-order valence-electron chi connectivity index (χ0n) is 20.6. The van der Waals surface area contributed by atoms with Crippen molar-refractivity contribution in [1.29, 1.82) is 0 Å². The molecular formula is C24H32F2N4O5S. The van der Waals surface area contributed by atoms with E-state index in [0.29, 0.717) is 11.5 Å². The van der Waals surface area contributed by atoms with Gasteiger partial charge in [-0.1, -0.05) is 26.0 Å². The molecule has 1 aliphatic heterocycles. The van der Waals surface area contributed by atoms with E-state index in [-0.39, 0.29) is 40.8 Å². The monoisotopic (exact) mass is 526 g/mol. The summed E-state index contributed by atoms with van der Waals surface area (Å²) in [5.74, 6) is -0.415. The molecule has 9 nitrogen and oxygen atoms in total. The topological polar surface area (TPSA) is 125 Å². The number of hydrogen-bond donors (Lipinski definition) is 3. The first-order valence-electron chi connectivity index (χ1n) is 12.0. The van der Waals surface area contributed by atoms with Crippen molar-refractivity contribution in [2.75, 3.05) is 6.54 Å². The average Bonchev–Trinajstić information content (AvgIpc) is 2.98. The second kappa shape index (κ2) is 10.9. The maximum absolute atomic E-state index is 14.4. The number of imide groups is 1. The molecule has 1 fully saturated rings. The van der Waals surface area contributed by atoms with Gasteiger partial charge in [-0.2, -0.15) is 13.7 Å². The van der Waals surface area contributed by atoms with E-state index in [1.807, 2.05) is 4.72 Å². The fraction of sp³-hybridized carbons (Fsp3) is 0.542. The molecule has 1 aromatic carbocycles. The Morgan fingerprint density at radius 3 is 2.28 bits per heavy atom. The fourth-order valence-corrected chi connectivity index (χ4v) is 5.35. The highest BCUT2D eigenvalue weighted by Crippen LogP contribution is 2.39. The molecule has 0 unspecified atom stereocenters. The number of rotatable bonds is 7. The van der Waals surface area contributed by atoms with E-state index in [9.17, 15) is 31.6 Å². The van der Waals surface area contributed by atoms with Crippen molar-refractivity contribution >= 4 is 28.0 Å². The van der Waals surface area contributed by atoms with E-state index in [2.05, 4.69) is 17.6 Å². The number of nitrogens with one attached hydrogen (secondary N) is 3. The maximum atomic E-state index is 14.4. The number of alkyl halides is 2. The maximum Gasteiger partial charge on any atom is 0.359 e.